The van der Waals surface area contributed by atoms with Crippen LogP contribution < -0.4 is 5.32 Å². The smallest absolute Gasteiger partial charge is 0.228 e. The fourth-order valence-electron chi connectivity index (χ4n) is 2.82. The van der Waals surface area contributed by atoms with E-state index in [9.17, 15) is 13.2 Å². The van der Waals surface area contributed by atoms with Gasteiger partial charge in [-0.3, -0.25) is 4.79 Å². The van der Waals surface area contributed by atoms with Crippen molar-refractivity contribution in [3.8, 4) is 0 Å². The number of rotatable bonds is 6. The topological polar surface area (TPSA) is 63.2 Å². The molecule has 1 amide bonds. The molecule has 0 spiro atoms. The van der Waals surface area contributed by atoms with Crippen LogP contribution in [0.5, 0.6) is 0 Å². The molecule has 0 aromatic heterocycles. The van der Waals surface area contributed by atoms with Gasteiger partial charge in [-0.15, -0.1) is 0 Å². The Hall–Kier alpha value is -2.63. The van der Waals surface area contributed by atoms with Gasteiger partial charge in [-0.25, -0.2) is 8.42 Å². The molecule has 28 heavy (non-hydrogen) atoms. The summed E-state index contributed by atoms with van der Waals surface area (Å²) in [6.45, 7) is 0. The van der Waals surface area contributed by atoms with Crippen LogP contribution in [0.1, 0.15) is 16.7 Å². The van der Waals surface area contributed by atoms with E-state index in [2.05, 4.69) is 5.32 Å². The third-order valence-electron chi connectivity index (χ3n) is 4.25. The van der Waals surface area contributed by atoms with Gasteiger partial charge in [0.15, 0.2) is 9.84 Å². The van der Waals surface area contributed by atoms with Gasteiger partial charge >= 0.3 is 0 Å². The summed E-state index contributed by atoms with van der Waals surface area (Å²) in [5.74, 6) is -0.101. The minimum Gasteiger partial charge on any atom is -0.326 e. The van der Waals surface area contributed by atoms with Crippen LogP contribution in [0.4, 0.5) is 5.69 Å². The van der Waals surface area contributed by atoms with Gasteiger partial charge in [-0.1, -0.05) is 48.0 Å². The number of nitrogens with one attached hydrogen (secondary N) is 1. The SMILES string of the molecule is CS(=O)(=O)c1cccc(Cc2ccc(NC(=O)Cc3ccc(Cl)cc3)cc2)c1. The molecule has 0 unspecified atom stereocenters. The lowest BCUT2D eigenvalue weighted by Crippen LogP contribution is -2.14. The van der Waals surface area contributed by atoms with Gasteiger partial charge in [-0.2, -0.15) is 0 Å². The summed E-state index contributed by atoms with van der Waals surface area (Å²) in [5, 5.41) is 3.51. The van der Waals surface area contributed by atoms with E-state index in [1.54, 1.807) is 30.3 Å². The van der Waals surface area contributed by atoms with Gasteiger partial charge < -0.3 is 5.32 Å². The number of amides is 1. The van der Waals surface area contributed by atoms with Crippen molar-refractivity contribution < 1.29 is 13.2 Å². The zero-order valence-corrected chi connectivity index (χ0v) is 16.9. The maximum atomic E-state index is 12.2. The fourth-order valence-corrected chi connectivity index (χ4v) is 3.64. The molecule has 0 radical (unpaired) electrons. The highest BCUT2D eigenvalue weighted by Crippen LogP contribution is 2.17. The molecule has 6 heteroatoms. The second-order valence-corrected chi connectivity index (χ2v) is 9.10. The Labute approximate surface area is 170 Å². The van der Waals surface area contributed by atoms with Crippen molar-refractivity contribution in [3.05, 3.63) is 94.5 Å². The molecular formula is C22H20ClNO3S. The van der Waals surface area contributed by atoms with Crippen molar-refractivity contribution in [1.29, 1.82) is 0 Å². The van der Waals surface area contributed by atoms with Crippen LogP contribution in [0.15, 0.2) is 77.7 Å². The average Bonchev–Trinajstić information content (AvgIpc) is 2.65. The van der Waals surface area contributed by atoms with Crippen LogP contribution in [0, 0.1) is 0 Å². The Morgan fingerprint density at radius 2 is 1.54 bits per heavy atom. The van der Waals surface area contributed by atoms with E-state index in [-0.39, 0.29) is 12.3 Å². The molecule has 0 heterocycles. The van der Waals surface area contributed by atoms with Gasteiger partial charge in [0.05, 0.1) is 11.3 Å². The van der Waals surface area contributed by atoms with E-state index in [1.165, 1.54) is 6.26 Å². The van der Waals surface area contributed by atoms with E-state index >= 15 is 0 Å². The molecular weight excluding hydrogens is 394 g/mol. The van der Waals surface area contributed by atoms with Gasteiger partial charge in [0, 0.05) is 17.0 Å². The fraction of sp³-hybridized carbons (Fsp3) is 0.136. The highest BCUT2D eigenvalue weighted by Gasteiger charge is 2.08. The monoisotopic (exact) mass is 413 g/mol. The lowest BCUT2D eigenvalue weighted by Gasteiger charge is -2.08. The van der Waals surface area contributed by atoms with E-state index in [0.29, 0.717) is 22.0 Å². The molecule has 3 aromatic rings. The van der Waals surface area contributed by atoms with Crippen LogP contribution in [0.2, 0.25) is 5.02 Å². The number of halogens is 1. The molecule has 0 bridgehead atoms. The van der Waals surface area contributed by atoms with E-state index < -0.39 is 9.84 Å². The predicted octanol–water partition coefficient (Wildman–Crippen LogP) is 4.52. The third-order valence-corrected chi connectivity index (χ3v) is 5.61. The molecule has 0 aliphatic carbocycles. The second kappa shape index (κ2) is 8.59. The van der Waals surface area contributed by atoms with Crippen molar-refractivity contribution in [2.75, 3.05) is 11.6 Å². The minimum atomic E-state index is -3.22. The maximum absolute atomic E-state index is 12.2. The zero-order valence-electron chi connectivity index (χ0n) is 15.4. The number of hydrogen-bond donors (Lipinski definition) is 1. The van der Waals surface area contributed by atoms with Crippen molar-refractivity contribution in [2.24, 2.45) is 0 Å². The zero-order chi connectivity index (χ0) is 20.1. The number of carbonyl (C=O) groups is 1. The molecule has 144 valence electrons. The van der Waals surface area contributed by atoms with Gasteiger partial charge in [0.2, 0.25) is 5.91 Å². The van der Waals surface area contributed by atoms with Crippen molar-refractivity contribution in [1.82, 2.24) is 0 Å². The number of carbonyl (C=O) groups excluding carboxylic acids is 1. The molecule has 0 saturated carbocycles. The molecule has 3 rings (SSSR count). The predicted molar refractivity (Wildman–Crippen MR) is 113 cm³/mol. The first-order chi connectivity index (χ1) is 13.3. The molecule has 0 aliphatic heterocycles. The van der Waals surface area contributed by atoms with Gasteiger partial charge in [-0.05, 0) is 59.5 Å². The van der Waals surface area contributed by atoms with Crippen LogP contribution in [0.3, 0.4) is 0 Å². The Morgan fingerprint density at radius 3 is 2.18 bits per heavy atom. The van der Waals surface area contributed by atoms with Crippen LogP contribution in [-0.4, -0.2) is 20.6 Å². The molecule has 0 atom stereocenters. The largest absolute Gasteiger partial charge is 0.326 e. The summed E-state index contributed by atoms with van der Waals surface area (Å²) in [6.07, 6.45) is 2.09. The van der Waals surface area contributed by atoms with E-state index in [1.807, 2.05) is 42.5 Å². The van der Waals surface area contributed by atoms with E-state index in [4.69, 9.17) is 11.6 Å². The van der Waals surface area contributed by atoms with Gasteiger partial charge in [0.25, 0.3) is 0 Å². The summed E-state index contributed by atoms with van der Waals surface area (Å²) >= 11 is 5.85. The Morgan fingerprint density at radius 1 is 0.893 bits per heavy atom. The summed E-state index contributed by atoms with van der Waals surface area (Å²) in [5.41, 5.74) is 3.56. The third kappa shape index (κ3) is 5.68. The molecule has 0 fully saturated rings. The normalized spacial score (nSPS) is 11.2. The summed E-state index contributed by atoms with van der Waals surface area (Å²) in [4.78, 5) is 12.5. The molecule has 0 saturated heterocycles. The average molecular weight is 414 g/mol. The number of anilines is 1. The summed E-state index contributed by atoms with van der Waals surface area (Å²) < 4.78 is 23.4. The van der Waals surface area contributed by atoms with Crippen molar-refractivity contribution in [3.63, 3.8) is 0 Å². The number of sulfone groups is 1. The van der Waals surface area contributed by atoms with Crippen LogP contribution in [0.25, 0.3) is 0 Å². The van der Waals surface area contributed by atoms with Gasteiger partial charge in [0.1, 0.15) is 0 Å². The Bertz CT molecular complexity index is 1080. The number of hydrogen-bond acceptors (Lipinski definition) is 3. The highest BCUT2D eigenvalue weighted by atomic mass is 35.5. The lowest BCUT2D eigenvalue weighted by atomic mass is 10.0. The quantitative estimate of drug-likeness (QED) is 0.646. The first-order valence-corrected chi connectivity index (χ1v) is 11.0. The first-order valence-electron chi connectivity index (χ1n) is 8.72. The summed E-state index contributed by atoms with van der Waals surface area (Å²) in [7, 11) is -3.22. The van der Waals surface area contributed by atoms with E-state index in [0.717, 1.165) is 16.7 Å². The van der Waals surface area contributed by atoms with Crippen molar-refractivity contribution >= 4 is 33.0 Å². The Kier molecular flexibility index (Phi) is 6.17. The highest BCUT2D eigenvalue weighted by molar-refractivity contribution is 7.90. The first kappa shape index (κ1) is 20.1. The Balaban J connectivity index is 1.62. The summed E-state index contributed by atoms with van der Waals surface area (Å²) in [6, 6.07) is 21.6. The molecule has 0 aliphatic rings. The lowest BCUT2D eigenvalue weighted by molar-refractivity contribution is -0.115. The molecule has 4 nitrogen and oxygen atoms in total. The second-order valence-electron chi connectivity index (χ2n) is 6.64. The number of benzene rings is 3. The van der Waals surface area contributed by atoms with Crippen molar-refractivity contribution in [2.45, 2.75) is 17.7 Å². The minimum absolute atomic E-state index is 0.101. The van der Waals surface area contributed by atoms with Crippen LogP contribution >= 0.6 is 11.6 Å². The molecule has 3 aromatic carbocycles. The maximum Gasteiger partial charge on any atom is 0.228 e. The standard InChI is InChI=1S/C22H20ClNO3S/c1-28(26,27)21-4-2-3-18(14-21)13-16-7-11-20(12-8-16)24-22(25)15-17-5-9-19(23)10-6-17/h2-12,14H,13,15H2,1H3,(H,24,25). The van der Waals surface area contributed by atoms with Crippen LogP contribution in [-0.2, 0) is 27.5 Å². The molecule has 1 N–H and O–H groups in total.